The second-order valence-corrected chi connectivity index (χ2v) is 6.71. The van der Waals surface area contributed by atoms with E-state index in [0.29, 0.717) is 19.4 Å². The van der Waals surface area contributed by atoms with Gasteiger partial charge < -0.3 is 16.4 Å². The Balaban J connectivity index is -0.000000283. The largest absolute Gasteiger partial charge is 0.356 e. The van der Waals surface area contributed by atoms with Crippen molar-refractivity contribution in [1.82, 2.24) is 10.6 Å². The van der Waals surface area contributed by atoms with Gasteiger partial charge in [-0.3, -0.25) is 9.59 Å². The molecule has 23 heavy (non-hydrogen) atoms. The molecule has 144 valence electrons. The van der Waals surface area contributed by atoms with Crippen LogP contribution in [0.5, 0.6) is 0 Å². The van der Waals surface area contributed by atoms with Crippen molar-refractivity contribution >= 4 is 11.8 Å². The number of hydrogen-bond donors (Lipinski definition) is 3. The summed E-state index contributed by atoms with van der Waals surface area (Å²) < 4.78 is 0. The Morgan fingerprint density at radius 2 is 1.30 bits per heavy atom. The van der Waals surface area contributed by atoms with E-state index in [1.165, 1.54) is 0 Å². The molecule has 0 saturated carbocycles. The highest BCUT2D eigenvalue weighted by atomic mass is 16.2. The van der Waals surface area contributed by atoms with Crippen LogP contribution in [-0.2, 0) is 9.59 Å². The molecule has 0 saturated heterocycles. The molecule has 0 bridgehead atoms. The van der Waals surface area contributed by atoms with E-state index in [0.717, 1.165) is 45.2 Å². The van der Waals surface area contributed by atoms with E-state index in [1.54, 1.807) is 0 Å². The first kappa shape index (κ1) is 24.2. The normalized spacial score (nSPS) is 10.5. The van der Waals surface area contributed by atoms with E-state index in [4.69, 9.17) is 5.73 Å². The second kappa shape index (κ2) is 15.8. The fourth-order valence-corrected chi connectivity index (χ4v) is 1.86. The van der Waals surface area contributed by atoms with Gasteiger partial charge in [0, 0.05) is 36.8 Å². The van der Waals surface area contributed by atoms with E-state index in [9.17, 15) is 9.59 Å². The van der Waals surface area contributed by atoms with Gasteiger partial charge in [-0.15, -0.1) is 0 Å². The van der Waals surface area contributed by atoms with Crippen LogP contribution < -0.4 is 16.4 Å². The first-order valence-corrected chi connectivity index (χ1v) is 9.08. The second-order valence-electron chi connectivity index (χ2n) is 6.71. The summed E-state index contributed by atoms with van der Waals surface area (Å²) in [4.78, 5) is 22.7. The molecule has 0 aromatic heterocycles. The van der Waals surface area contributed by atoms with Crippen molar-refractivity contribution in [1.29, 1.82) is 0 Å². The molecule has 5 heteroatoms. The standard InChI is InChI=1S/C16H33N3O2.C2H6.3H2/c1-16(2,3)10-8-14(20)18-12-6-4-5-7-13-19-15(21)9-11-17;1-2;;;/h4-13,17H2,1-3H3,(H,18,20)(H,19,21);1-2H3;3*1H. The van der Waals surface area contributed by atoms with Crippen molar-refractivity contribution in [2.75, 3.05) is 19.6 Å². The third-order valence-corrected chi connectivity index (χ3v) is 3.22. The minimum Gasteiger partial charge on any atom is -0.356 e. The zero-order valence-electron chi connectivity index (χ0n) is 16.0. The summed E-state index contributed by atoms with van der Waals surface area (Å²) in [7, 11) is 0. The van der Waals surface area contributed by atoms with Gasteiger partial charge in [-0.1, -0.05) is 47.5 Å². The van der Waals surface area contributed by atoms with Gasteiger partial charge in [-0.05, 0) is 24.7 Å². The molecule has 0 aliphatic rings. The van der Waals surface area contributed by atoms with Crippen molar-refractivity contribution in [3.63, 3.8) is 0 Å². The molecule has 0 radical (unpaired) electrons. The molecule has 0 aromatic carbocycles. The molecule has 0 heterocycles. The lowest BCUT2D eigenvalue weighted by Crippen LogP contribution is -2.26. The smallest absolute Gasteiger partial charge is 0.221 e. The fourth-order valence-electron chi connectivity index (χ4n) is 1.86. The van der Waals surface area contributed by atoms with Crippen molar-refractivity contribution < 1.29 is 13.9 Å². The minimum absolute atomic E-state index is 0. The summed E-state index contributed by atoms with van der Waals surface area (Å²) in [6.45, 7) is 12.3. The van der Waals surface area contributed by atoms with Crippen LogP contribution in [0.2, 0.25) is 0 Å². The van der Waals surface area contributed by atoms with Gasteiger partial charge in [0.1, 0.15) is 0 Å². The predicted molar refractivity (Wildman–Crippen MR) is 105 cm³/mol. The maximum Gasteiger partial charge on any atom is 0.221 e. The molecule has 0 fully saturated rings. The van der Waals surface area contributed by atoms with E-state index in [2.05, 4.69) is 31.4 Å². The maximum absolute atomic E-state index is 11.6. The number of carbonyl (C=O) groups is 2. The highest BCUT2D eigenvalue weighted by molar-refractivity contribution is 5.76. The molecule has 0 spiro atoms. The lowest BCUT2D eigenvalue weighted by Gasteiger charge is -2.17. The number of unbranched alkanes of at least 4 members (excludes halogenated alkanes) is 3. The van der Waals surface area contributed by atoms with Crippen LogP contribution in [-0.4, -0.2) is 31.4 Å². The Morgan fingerprint density at radius 3 is 1.70 bits per heavy atom. The topological polar surface area (TPSA) is 84.2 Å². The van der Waals surface area contributed by atoms with Gasteiger partial charge in [0.2, 0.25) is 11.8 Å². The van der Waals surface area contributed by atoms with Gasteiger partial charge in [-0.2, -0.15) is 0 Å². The summed E-state index contributed by atoms with van der Waals surface area (Å²) in [5, 5.41) is 5.79. The first-order valence-electron chi connectivity index (χ1n) is 9.08. The number of amides is 2. The zero-order chi connectivity index (χ0) is 18.1. The number of carbonyl (C=O) groups excluding carboxylic acids is 2. The lowest BCUT2D eigenvalue weighted by atomic mass is 9.90. The molecule has 0 aromatic rings. The van der Waals surface area contributed by atoms with Gasteiger partial charge in [0.25, 0.3) is 0 Å². The summed E-state index contributed by atoms with van der Waals surface area (Å²) in [5.41, 5.74) is 5.50. The highest BCUT2D eigenvalue weighted by Crippen LogP contribution is 2.20. The number of nitrogens with one attached hydrogen (secondary N) is 2. The molecular weight excluding hydrogens is 290 g/mol. The van der Waals surface area contributed by atoms with Gasteiger partial charge >= 0.3 is 0 Å². The van der Waals surface area contributed by atoms with E-state index < -0.39 is 0 Å². The van der Waals surface area contributed by atoms with Crippen molar-refractivity contribution in [2.45, 2.75) is 79.6 Å². The lowest BCUT2D eigenvalue weighted by molar-refractivity contribution is -0.122. The van der Waals surface area contributed by atoms with Crippen LogP contribution >= 0.6 is 0 Å². The average molecular weight is 336 g/mol. The van der Waals surface area contributed by atoms with E-state index >= 15 is 0 Å². The van der Waals surface area contributed by atoms with Gasteiger partial charge in [-0.25, -0.2) is 0 Å². The quantitative estimate of drug-likeness (QED) is 0.503. The number of rotatable bonds is 11. The van der Waals surface area contributed by atoms with Crippen LogP contribution in [0.25, 0.3) is 0 Å². The molecule has 0 aliphatic heterocycles. The predicted octanol–water partition coefficient (Wildman–Crippen LogP) is 3.72. The average Bonchev–Trinajstić information content (AvgIpc) is 2.49. The zero-order valence-corrected chi connectivity index (χ0v) is 16.0. The molecule has 0 unspecified atom stereocenters. The van der Waals surface area contributed by atoms with Crippen molar-refractivity contribution in [2.24, 2.45) is 11.1 Å². The van der Waals surface area contributed by atoms with E-state index in [1.807, 2.05) is 13.8 Å². The SMILES string of the molecule is CC.CC(C)(C)CCC(=O)NCCCCCCNC(=O)CCN.[HH].[HH].[HH]. The Labute approximate surface area is 147 Å². The van der Waals surface area contributed by atoms with Crippen LogP contribution in [0.15, 0.2) is 0 Å². The Morgan fingerprint density at radius 1 is 0.870 bits per heavy atom. The molecular formula is C18H45N3O2. The first-order chi connectivity index (χ1) is 10.8. The van der Waals surface area contributed by atoms with Crippen LogP contribution in [0.3, 0.4) is 0 Å². The summed E-state index contributed by atoms with van der Waals surface area (Å²) in [5.74, 6) is 0.183. The molecule has 0 aliphatic carbocycles. The van der Waals surface area contributed by atoms with Crippen molar-refractivity contribution in [3.8, 4) is 0 Å². The fraction of sp³-hybridized carbons (Fsp3) is 0.889. The minimum atomic E-state index is 0. The Bertz CT molecular complexity index is 313. The maximum atomic E-state index is 11.6. The number of hydrogen-bond acceptors (Lipinski definition) is 3. The van der Waals surface area contributed by atoms with Crippen molar-refractivity contribution in [3.05, 3.63) is 0 Å². The van der Waals surface area contributed by atoms with Crippen LogP contribution in [0, 0.1) is 5.41 Å². The van der Waals surface area contributed by atoms with Crippen LogP contribution in [0.1, 0.15) is 83.8 Å². The third kappa shape index (κ3) is 20.9. The summed E-state index contributed by atoms with van der Waals surface area (Å²) in [6, 6.07) is 0. The van der Waals surface area contributed by atoms with Gasteiger partial charge in [0.15, 0.2) is 0 Å². The Hall–Kier alpha value is -1.10. The monoisotopic (exact) mass is 335 g/mol. The molecule has 4 N–H and O–H groups in total. The number of nitrogens with two attached hydrogens (primary N) is 1. The molecule has 5 nitrogen and oxygen atoms in total. The molecule has 0 atom stereocenters. The Kier molecular flexibility index (Phi) is 16.6. The molecule has 2 amide bonds. The highest BCUT2D eigenvalue weighted by Gasteiger charge is 2.12. The third-order valence-electron chi connectivity index (χ3n) is 3.22. The summed E-state index contributed by atoms with van der Waals surface area (Å²) in [6.07, 6.45) is 6.05. The van der Waals surface area contributed by atoms with E-state index in [-0.39, 0.29) is 21.5 Å². The summed E-state index contributed by atoms with van der Waals surface area (Å²) >= 11 is 0. The van der Waals surface area contributed by atoms with Crippen LogP contribution in [0.4, 0.5) is 0 Å². The van der Waals surface area contributed by atoms with Gasteiger partial charge in [0.05, 0.1) is 0 Å². The molecule has 0 rings (SSSR count).